The molecule has 2 nitrogen and oxygen atoms in total. The number of hydrogen-bond acceptors (Lipinski definition) is 2. The van der Waals surface area contributed by atoms with Gasteiger partial charge < -0.3 is 0 Å². The molecule has 2 aromatic rings. The Labute approximate surface area is 138 Å². The van der Waals surface area contributed by atoms with Crippen molar-refractivity contribution in [3.63, 3.8) is 0 Å². The van der Waals surface area contributed by atoms with Crippen LogP contribution in [0.25, 0.3) is 11.4 Å². The summed E-state index contributed by atoms with van der Waals surface area (Å²) in [5, 5.41) is 0.547. The highest BCUT2D eigenvalue weighted by Gasteiger charge is 2.23. The van der Waals surface area contributed by atoms with E-state index in [2.05, 4.69) is 70.7 Å². The van der Waals surface area contributed by atoms with Crippen LogP contribution in [0.5, 0.6) is 0 Å². The van der Waals surface area contributed by atoms with E-state index in [0.717, 1.165) is 26.6 Å². The molecule has 0 unspecified atom stereocenters. The van der Waals surface area contributed by atoms with Crippen LogP contribution >= 0.6 is 34.2 Å². The third-order valence-electron chi connectivity index (χ3n) is 3.60. The van der Waals surface area contributed by atoms with Gasteiger partial charge in [0.05, 0.1) is 9.26 Å². The third-order valence-corrected chi connectivity index (χ3v) is 5.26. The van der Waals surface area contributed by atoms with Gasteiger partial charge in [0.15, 0.2) is 5.82 Å². The summed E-state index contributed by atoms with van der Waals surface area (Å²) in [5.74, 6) is 1.84. The van der Waals surface area contributed by atoms with Crippen molar-refractivity contribution in [3.05, 3.63) is 44.2 Å². The fourth-order valence-electron chi connectivity index (χ4n) is 2.27. The number of hydrogen-bond donors (Lipinski definition) is 0. The lowest BCUT2D eigenvalue weighted by Crippen LogP contribution is -2.02. The van der Waals surface area contributed by atoms with Crippen molar-refractivity contribution in [2.75, 3.05) is 0 Å². The van der Waals surface area contributed by atoms with Gasteiger partial charge >= 0.3 is 0 Å². The van der Waals surface area contributed by atoms with E-state index in [1.807, 2.05) is 0 Å². The van der Waals surface area contributed by atoms with Crippen LogP contribution in [0.15, 0.2) is 24.3 Å². The van der Waals surface area contributed by atoms with Gasteiger partial charge in [-0.3, -0.25) is 0 Å². The van der Waals surface area contributed by atoms with Gasteiger partial charge in [0.1, 0.15) is 5.15 Å². The molecule has 0 radical (unpaired) electrons. The van der Waals surface area contributed by atoms with E-state index >= 15 is 0 Å². The lowest BCUT2D eigenvalue weighted by Gasteiger charge is -2.11. The maximum Gasteiger partial charge on any atom is 0.161 e. The molecule has 1 aliphatic carbocycles. The molecule has 1 saturated carbocycles. The molecule has 1 aromatic carbocycles. The second kappa shape index (κ2) is 5.60. The Kier molecular flexibility index (Phi) is 4.00. The molecule has 0 spiro atoms. The Morgan fingerprint density at radius 1 is 1.15 bits per heavy atom. The van der Waals surface area contributed by atoms with E-state index in [4.69, 9.17) is 11.6 Å². The molecule has 0 saturated heterocycles. The van der Waals surface area contributed by atoms with Crippen LogP contribution in [0, 0.1) is 3.57 Å². The highest BCUT2D eigenvalue weighted by molar-refractivity contribution is 14.1. The Hall–Kier alpha value is -0.680. The molecule has 0 bridgehead atoms. The fourth-order valence-corrected chi connectivity index (χ4v) is 3.31. The Bertz CT molecular complexity index is 634. The molecule has 1 heterocycles. The summed E-state index contributed by atoms with van der Waals surface area (Å²) in [5.41, 5.74) is 3.48. The van der Waals surface area contributed by atoms with Gasteiger partial charge in [0.2, 0.25) is 0 Å². The molecule has 104 valence electrons. The predicted molar refractivity (Wildman–Crippen MR) is 91.3 cm³/mol. The van der Waals surface area contributed by atoms with Crippen molar-refractivity contribution < 1.29 is 0 Å². The zero-order valence-electron chi connectivity index (χ0n) is 11.5. The largest absolute Gasteiger partial charge is 0.232 e. The van der Waals surface area contributed by atoms with Crippen molar-refractivity contribution >= 4 is 34.2 Å². The molecule has 1 aromatic heterocycles. The molecule has 4 heteroatoms. The number of aromatic nitrogens is 2. The summed E-state index contributed by atoms with van der Waals surface area (Å²) in [6.45, 7) is 4.25. The van der Waals surface area contributed by atoms with Crippen molar-refractivity contribution in [3.8, 4) is 11.4 Å². The zero-order chi connectivity index (χ0) is 14.3. The molecule has 1 aliphatic rings. The van der Waals surface area contributed by atoms with Crippen LogP contribution in [-0.2, 0) is 0 Å². The Morgan fingerprint density at radius 2 is 1.80 bits per heavy atom. The fraction of sp³-hybridized carbons (Fsp3) is 0.375. The maximum absolute atomic E-state index is 6.25. The summed E-state index contributed by atoms with van der Waals surface area (Å²) < 4.78 is 0.956. The van der Waals surface area contributed by atoms with Gasteiger partial charge in [-0.1, -0.05) is 49.7 Å². The first kappa shape index (κ1) is 14.3. The lowest BCUT2D eigenvalue weighted by atomic mass is 10.1. The molecule has 3 rings (SSSR count). The summed E-state index contributed by atoms with van der Waals surface area (Å²) in [6, 6.07) is 8.60. The first-order valence-electron chi connectivity index (χ1n) is 6.89. The molecule has 0 amide bonds. The van der Waals surface area contributed by atoms with Gasteiger partial charge in [0, 0.05) is 5.56 Å². The Morgan fingerprint density at radius 3 is 2.35 bits per heavy atom. The van der Waals surface area contributed by atoms with Gasteiger partial charge in [-0.05, 0) is 52.8 Å². The number of rotatable bonds is 3. The van der Waals surface area contributed by atoms with Crippen LogP contribution in [-0.4, -0.2) is 9.97 Å². The van der Waals surface area contributed by atoms with Gasteiger partial charge in [-0.15, -0.1) is 0 Å². The molecular formula is C16H16ClIN2. The summed E-state index contributed by atoms with van der Waals surface area (Å²) in [6.07, 6.45) is 2.64. The summed E-state index contributed by atoms with van der Waals surface area (Å²) in [7, 11) is 0. The standard InChI is InChI=1S/C16H16ClIN2/c1-9(2)14-13(18)15(17)20-16(19-14)12-7-5-11(6-8-12)10-3-4-10/h5-10H,3-4H2,1-2H3. The highest BCUT2D eigenvalue weighted by Crippen LogP contribution is 2.40. The van der Waals surface area contributed by atoms with E-state index in [9.17, 15) is 0 Å². The van der Waals surface area contributed by atoms with Crippen LogP contribution in [0.3, 0.4) is 0 Å². The van der Waals surface area contributed by atoms with Gasteiger partial charge in [-0.25, -0.2) is 9.97 Å². The molecule has 20 heavy (non-hydrogen) atoms. The average molecular weight is 399 g/mol. The molecular weight excluding hydrogens is 383 g/mol. The monoisotopic (exact) mass is 398 g/mol. The molecule has 0 aliphatic heterocycles. The van der Waals surface area contributed by atoms with E-state index < -0.39 is 0 Å². The summed E-state index contributed by atoms with van der Waals surface area (Å²) >= 11 is 8.47. The van der Waals surface area contributed by atoms with Crippen LogP contribution in [0.1, 0.15) is 49.8 Å². The van der Waals surface area contributed by atoms with Crippen molar-refractivity contribution in [2.24, 2.45) is 0 Å². The quantitative estimate of drug-likeness (QED) is 0.511. The second-order valence-electron chi connectivity index (χ2n) is 5.59. The normalized spacial score (nSPS) is 14.8. The average Bonchev–Trinajstić information content (AvgIpc) is 3.26. The lowest BCUT2D eigenvalue weighted by molar-refractivity contribution is 0.808. The van der Waals surface area contributed by atoms with E-state index in [1.54, 1.807) is 0 Å². The molecule has 1 fully saturated rings. The number of benzene rings is 1. The van der Waals surface area contributed by atoms with Crippen molar-refractivity contribution in [2.45, 2.75) is 38.5 Å². The third kappa shape index (κ3) is 2.84. The SMILES string of the molecule is CC(C)c1nc(-c2ccc(C3CC3)cc2)nc(Cl)c1I. The van der Waals surface area contributed by atoms with Crippen molar-refractivity contribution in [1.29, 1.82) is 0 Å². The first-order chi connectivity index (χ1) is 9.56. The van der Waals surface area contributed by atoms with E-state index in [-0.39, 0.29) is 0 Å². The minimum Gasteiger partial charge on any atom is -0.232 e. The smallest absolute Gasteiger partial charge is 0.161 e. The minimum absolute atomic E-state index is 0.340. The first-order valence-corrected chi connectivity index (χ1v) is 8.35. The molecule has 0 N–H and O–H groups in total. The van der Waals surface area contributed by atoms with Crippen LogP contribution < -0.4 is 0 Å². The zero-order valence-corrected chi connectivity index (χ0v) is 14.4. The van der Waals surface area contributed by atoms with E-state index in [0.29, 0.717) is 11.1 Å². The number of nitrogens with zero attached hydrogens (tertiary/aromatic N) is 2. The van der Waals surface area contributed by atoms with Gasteiger partial charge in [0.25, 0.3) is 0 Å². The highest BCUT2D eigenvalue weighted by atomic mass is 127. The van der Waals surface area contributed by atoms with E-state index in [1.165, 1.54) is 18.4 Å². The van der Waals surface area contributed by atoms with Gasteiger partial charge in [-0.2, -0.15) is 0 Å². The molecule has 0 atom stereocenters. The number of halogens is 2. The maximum atomic E-state index is 6.25. The summed E-state index contributed by atoms with van der Waals surface area (Å²) in [4.78, 5) is 9.11. The second-order valence-corrected chi connectivity index (χ2v) is 7.02. The topological polar surface area (TPSA) is 25.8 Å². The van der Waals surface area contributed by atoms with Crippen LogP contribution in [0.2, 0.25) is 5.15 Å². The minimum atomic E-state index is 0.340. The van der Waals surface area contributed by atoms with Crippen LogP contribution in [0.4, 0.5) is 0 Å². The Balaban J connectivity index is 2.00. The van der Waals surface area contributed by atoms with Crippen molar-refractivity contribution in [1.82, 2.24) is 9.97 Å². The predicted octanol–water partition coefficient (Wildman–Crippen LogP) is 5.40.